The lowest BCUT2D eigenvalue weighted by Gasteiger charge is -2.14. The van der Waals surface area contributed by atoms with Crippen LogP contribution < -0.4 is 5.32 Å². The fourth-order valence-corrected chi connectivity index (χ4v) is 4.10. The molecule has 2 aromatic carbocycles. The van der Waals surface area contributed by atoms with Crippen molar-refractivity contribution in [2.24, 2.45) is 7.05 Å². The lowest BCUT2D eigenvalue weighted by atomic mass is 10.1. The maximum atomic E-state index is 13.0. The van der Waals surface area contributed by atoms with Gasteiger partial charge in [-0.1, -0.05) is 6.92 Å². The van der Waals surface area contributed by atoms with Crippen LogP contribution in [0.2, 0.25) is 0 Å². The molecule has 1 amide bonds. The number of aryl methyl sites for hydroxylation is 1. The van der Waals surface area contributed by atoms with E-state index in [2.05, 4.69) is 25.8 Å². The summed E-state index contributed by atoms with van der Waals surface area (Å²) in [5.41, 5.74) is 2.23. The monoisotopic (exact) mass is 467 g/mol. The highest BCUT2D eigenvalue weighted by Crippen LogP contribution is 2.34. The number of fused-ring (bicyclic) bond motifs is 3. The summed E-state index contributed by atoms with van der Waals surface area (Å²) in [6.07, 6.45) is -0.384. The molecule has 174 valence electrons. The fourth-order valence-electron chi connectivity index (χ4n) is 4.10. The zero-order valence-electron chi connectivity index (χ0n) is 18.3. The molecule has 5 rings (SSSR count). The molecule has 5 aromatic rings. The van der Waals surface area contributed by atoms with E-state index >= 15 is 0 Å². The van der Waals surface area contributed by atoms with E-state index in [4.69, 9.17) is 0 Å². The topological polar surface area (TPSA) is 93.4 Å². The standard InChI is InChI=1S/C23H20F3N7O/c1-3-18(19-11-27-31-29-19)28-22(34)13-4-9-20-16(10-13)17-12-32(2)30-21(17)33(20)15-7-5-14(6-8-15)23(24,25)26/h4-12,18H,3H2,1-2H3,(H,28,34)(H,27,29,31). The van der Waals surface area contributed by atoms with Crippen molar-refractivity contribution in [3.8, 4) is 5.69 Å². The van der Waals surface area contributed by atoms with Gasteiger partial charge in [0.1, 0.15) is 5.69 Å². The number of halogens is 3. The number of aromatic nitrogens is 6. The summed E-state index contributed by atoms with van der Waals surface area (Å²) in [5, 5.41) is 19.4. The summed E-state index contributed by atoms with van der Waals surface area (Å²) >= 11 is 0. The molecule has 0 aliphatic rings. The first kappa shape index (κ1) is 21.7. The Kier molecular flexibility index (Phi) is 5.11. The van der Waals surface area contributed by atoms with Crippen molar-refractivity contribution in [3.63, 3.8) is 0 Å². The number of rotatable bonds is 5. The SMILES string of the molecule is CCC(NC(=O)c1ccc2c(c1)c1cn(C)nc1n2-c1ccc(C(F)(F)F)cc1)c1cn[nH]n1. The first-order valence-electron chi connectivity index (χ1n) is 10.6. The molecule has 0 aliphatic heterocycles. The number of hydrogen-bond donors (Lipinski definition) is 2. The summed E-state index contributed by atoms with van der Waals surface area (Å²) < 4.78 is 42.5. The predicted octanol–water partition coefficient (Wildman–Crippen LogP) is 4.54. The minimum atomic E-state index is -4.41. The molecule has 0 saturated heterocycles. The van der Waals surface area contributed by atoms with Gasteiger partial charge in [0.2, 0.25) is 0 Å². The van der Waals surface area contributed by atoms with Gasteiger partial charge in [-0.3, -0.25) is 14.0 Å². The van der Waals surface area contributed by atoms with Gasteiger partial charge in [-0.25, -0.2) is 0 Å². The Balaban J connectivity index is 1.57. The third-order valence-electron chi connectivity index (χ3n) is 5.77. The van der Waals surface area contributed by atoms with Crippen molar-refractivity contribution in [2.45, 2.75) is 25.6 Å². The van der Waals surface area contributed by atoms with Crippen molar-refractivity contribution in [3.05, 3.63) is 71.7 Å². The molecular formula is C23H20F3N7O. The highest BCUT2D eigenvalue weighted by Gasteiger charge is 2.30. The summed E-state index contributed by atoms with van der Waals surface area (Å²) in [4.78, 5) is 13.0. The summed E-state index contributed by atoms with van der Waals surface area (Å²) in [6, 6.07) is 9.87. The molecule has 1 atom stereocenters. The van der Waals surface area contributed by atoms with Gasteiger partial charge in [0.15, 0.2) is 5.65 Å². The number of H-pyrrole nitrogens is 1. The van der Waals surface area contributed by atoms with E-state index in [1.54, 1.807) is 40.7 Å². The van der Waals surface area contributed by atoms with Crippen molar-refractivity contribution >= 4 is 27.8 Å². The number of hydrogen-bond acceptors (Lipinski definition) is 4. The Morgan fingerprint density at radius 1 is 1.15 bits per heavy atom. The van der Waals surface area contributed by atoms with Gasteiger partial charge in [0, 0.05) is 35.3 Å². The van der Waals surface area contributed by atoms with Gasteiger partial charge >= 0.3 is 6.18 Å². The van der Waals surface area contributed by atoms with Gasteiger partial charge < -0.3 is 5.32 Å². The van der Waals surface area contributed by atoms with Gasteiger partial charge in [-0.2, -0.15) is 33.7 Å². The Morgan fingerprint density at radius 3 is 2.56 bits per heavy atom. The van der Waals surface area contributed by atoms with Crippen LogP contribution in [0.5, 0.6) is 0 Å². The molecule has 3 heterocycles. The average molecular weight is 467 g/mol. The fraction of sp³-hybridized carbons (Fsp3) is 0.217. The van der Waals surface area contributed by atoms with Crippen LogP contribution in [0.4, 0.5) is 13.2 Å². The van der Waals surface area contributed by atoms with Gasteiger partial charge in [-0.05, 0) is 48.9 Å². The molecule has 0 radical (unpaired) electrons. The van der Waals surface area contributed by atoms with Crippen LogP contribution in [0.25, 0.3) is 27.6 Å². The lowest BCUT2D eigenvalue weighted by Crippen LogP contribution is -2.28. The predicted molar refractivity (Wildman–Crippen MR) is 119 cm³/mol. The highest BCUT2D eigenvalue weighted by atomic mass is 19.4. The summed E-state index contributed by atoms with van der Waals surface area (Å²) in [5.74, 6) is -0.268. The van der Waals surface area contributed by atoms with E-state index in [1.165, 1.54) is 12.1 Å². The summed E-state index contributed by atoms with van der Waals surface area (Å²) in [6.45, 7) is 1.94. The first-order chi connectivity index (χ1) is 16.3. The number of nitrogens with one attached hydrogen (secondary N) is 2. The second-order valence-electron chi connectivity index (χ2n) is 7.98. The molecule has 0 aliphatic carbocycles. The van der Waals surface area contributed by atoms with Crippen LogP contribution in [0.3, 0.4) is 0 Å². The molecule has 2 N–H and O–H groups in total. The molecule has 3 aromatic heterocycles. The van der Waals surface area contributed by atoms with E-state index in [9.17, 15) is 18.0 Å². The molecule has 34 heavy (non-hydrogen) atoms. The minimum Gasteiger partial charge on any atom is -0.344 e. The molecule has 8 nitrogen and oxygen atoms in total. The van der Waals surface area contributed by atoms with Crippen LogP contribution in [0.1, 0.15) is 41.0 Å². The lowest BCUT2D eigenvalue weighted by molar-refractivity contribution is -0.137. The molecule has 0 bridgehead atoms. The van der Waals surface area contributed by atoms with E-state index in [-0.39, 0.29) is 11.9 Å². The van der Waals surface area contributed by atoms with Crippen molar-refractivity contribution in [1.82, 2.24) is 35.1 Å². The maximum Gasteiger partial charge on any atom is 0.416 e. The number of amides is 1. The minimum absolute atomic E-state index is 0.268. The molecule has 0 fully saturated rings. The van der Waals surface area contributed by atoms with Crippen molar-refractivity contribution in [2.75, 3.05) is 0 Å². The summed E-state index contributed by atoms with van der Waals surface area (Å²) in [7, 11) is 1.77. The largest absolute Gasteiger partial charge is 0.416 e. The zero-order chi connectivity index (χ0) is 24.0. The Labute approximate surface area is 191 Å². The molecule has 1 unspecified atom stereocenters. The number of benzene rings is 2. The quantitative estimate of drug-likeness (QED) is 0.397. The number of aromatic amines is 1. The Hall–Kier alpha value is -4.15. The normalized spacial score (nSPS) is 13.0. The number of nitrogens with zero attached hydrogens (tertiary/aromatic N) is 5. The van der Waals surface area contributed by atoms with Crippen LogP contribution in [-0.2, 0) is 13.2 Å². The third-order valence-corrected chi connectivity index (χ3v) is 5.77. The molecule has 0 spiro atoms. The smallest absolute Gasteiger partial charge is 0.344 e. The number of carbonyl (C=O) groups is 1. The van der Waals surface area contributed by atoms with E-state index in [0.29, 0.717) is 29.0 Å². The van der Waals surface area contributed by atoms with Crippen LogP contribution in [0.15, 0.2) is 54.9 Å². The van der Waals surface area contributed by atoms with Crippen LogP contribution in [-0.4, -0.2) is 35.7 Å². The van der Waals surface area contributed by atoms with Crippen molar-refractivity contribution < 1.29 is 18.0 Å². The Morgan fingerprint density at radius 2 is 1.91 bits per heavy atom. The van der Waals surface area contributed by atoms with E-state index < -0.39 is 11.7 Å². The molecule has 11 heteroatoms. The molecule has 0 saturated carbocycles. The Bertz CT molecular complexity index is 1480. The molecular weight excluding hydrogens is 447 g/mol. The van der Waals surface area contributed by atoms with Gasteiger partial charge in [0.05, 0.1) is 23.3 Å². The van der Waals surface area contributed by atoms with Crippen LogP contribution in [0, 0.1) is 0 Å². The zero-order valence-corrected chi connectivity index (χ0v) is 18.3. The second kappa shape index (κ2) is 8.01. The maximum absolute atomic E-state index is 13.0. The highest BCUT2D eigenvalue weighted by molar-refractivity contribution is 6.10. The van der Waals surface area contributed by atoms with Crippen LogP contribution >= 0.6 is 0 Å². The number of alkyl halides is 3. The average Bonchev–Trinajstić information content (AvgIpc) is 3.53. The van der Waals surface area contributed by atoms with Gasteiger partial charge in [-0.15, -0.1) is 0 Å². The van der Waals surface area contributed by atoms with Gasteiger partial charge in [0.25, 0.3) is 5.91 Å². The van der Waals surface area contributed by atoms with E-state index in [0.717, 1.165) is 28.4 Å². The van der Waals surface area contributed by atoms with Crippen molar-refractivity contribution in [1.29, 1.82) is 0 Å². The van der Waals surface area contributed by atoms with E-state index in [1.807, 2.05) is 13.1 Å². The number of carbonyl (C=O) groups excluding carboxylic acids is 1. The second-order valence-corrected chi connectivity index (χ2v) is 7.98. The third kappa shape index (κ3) is 3.68. The first-order valence-corrected chi connectivity index (χ1v) is 10.6.